The molecule has 106 valence electrons. The molecule has 19 heavy (non-hydrogen) atoms. The fourth-order valence-corrected chi connectivity index (χ4v) is 2.63. The molecule has 4 heteroatoms. The average molecular weight is 263 g/mol. The molecule has 0 aliphatic heterocycles. The molecule has 0 aromatic carbocycles. The predicted octanol–water partition coefficient (Wildman–Crippen LogP) is 1.99. The minimum Gasteiger partial charge on any atom is -0.356 e. The number of nitrogens with one attached hydrogen (secondary N) is 1. The minimum atomic E-state index is 0.135. The second kappa shape index (κ2) is 6.24. The maximum atomic E-state index is 11.7. The number of aromatic nitrogens is 1. The Balaban J connectivity index is 1.88. The van der Waals surface area contributed by atoms with Gasteiger partial charge in [-0.3, -0.25) is 4.79 Å². The van der Waals surface area contributed by atoms with E-state index in [4.69, 9.17) is 5.73 Å². The molecule has 1 aromatic rings. The van der Waals surface area contributed by atoms with Gasteiger partial charge in [0.05, 0.1) is 0 Å². The van der Waals surface area contributed by atoms with Gasteiger partial charge in [-0.25, -0.2) is 0 Å². The van der Waals surface area contributed by atoms with Crippen LogP contribution in [0.5, 0.6) is 0 Å². The summed E-state index contributed by atoms with van der Waals surface area (Å²) >= 11 is 0. The quantitative estimate of drug-likeness (QED) is 0.853. The molecule has 0 fully saturated rings. The van der Waals surface area contributed by atoms with Crippen molar-refractivity contribution in [2.45, 2.75) is 52.1 Å². The van der Waals surface area contributed by atoms with Gasteiger partial charge in [0.2, 0.25) is 5.91 Å². The lowest BCUT2D eigenvalue weighted by Gasteiger charge is -2.21. The van der Waals surface area contributed by atoms with E-state index in [-0.39, 0.29) is 11.9 Å². The first-order valence-electron chi connectivity index (χ1n) is 7.28. The molecule has 0 saturated carbocycles. The molecule has 4 nitrogen and oxygen atoms in total. The van der Waals surface area contributed by atoms with E-state index in [0.29, 0.717) is 12.3 Å². The van der Waals surface area contributed by atoms with Crippen LogP contribution in [-0.4, -0.2) is 17.0 Å². The fraction of sp³-hybridized carbons (Fsp3) is 0.667. The van der Waals surface area contributed by atoms with Gasteiger partial charge in [0.25, 0.3) is 0 Å². The summed E-state index contributed by atoms with van der Waals surface area (Å²) in [6, 6.07) is 2.30. The van der Waals surface area contributed by atoms with Gasteiger partial charge in [0.1, 0.15) is 0 Å². The summed E-state index contributed by atoms with van der Waals surface area (Å²) in [5, 5.41) is 2.96. The Morgan fingerprint density at radius 2 is 2.37 bits per heavy atom. The summed E-state index contributed by atoms with van der Waals surface area (Å²) < 4.78 is 2.20. The number of hydrogen-bond donors (Lipinski definition) is 2. The molecule has 0 spiro atoms. The molecule has 1 amide bonds. The van der Waals surface area contributed by atoms with E-state index in [9.17, 15) is 4.79 Å². The zero-order valence-electron chi connectivity index (χ0n) is 12.0. The van der Waals surface area contributed by atoms with Crippen molar-refractivity contribution < 1.29 is 4.79 Å². The van der Waals surface area contributed by atoms with E-state index < -0.39 is 0 Å². The lowest BCUT2D eigenvalue weighted by Crippen LogP contribution is -2.28. The van der Waals surface area contributed by atoms with E-state index >= 15 is 0 Å². The molecular formula is C15H25N3O. The smallest absolute Gasteiger partial charge is 0.221 e. The summed E-state index contributed by atoms with van der Waals surface area (Å²) in [6.07, 6.45) is 5.93. The molecule has 0 radical (unpaired) electrons. The van der Waals surface area contributed by atoms with Crippen LogP contribution in [0.1, 0.15) is 50.4 Å². The standard InChI is InChI=1S/C15H25N3O/c1-11(2)10-17-15(19)7-9-18-8-6-12-13(16)4-3-5-14(12)18/h6,8,11,13H,3-5,7,9-10,16H2,1-2H3,(H,17,19). The van der Waals surface area contributed by atoms with Gasteiger partial charge in [-0.2, -0.15) is 0 Å². The third-order valence-corrected chi connectivity index (χ3v) is 3.73. The van der Waals surface area contributed by atoms with Gasteiger partial charge in [-0.1, -0.05) is 13.8 Å². The lowest BCUT2D eigenvalue weighted by atomic mass is 9.94. The Morgan fingerprint density at radius 3 is 3.11 bits per heavy atom. The molecule has 1 aliphatic carbocycles. The van der Waals surface area contributed by atoms with Crippen molar-refractivity contribution in [3.63, 3.8) is 0 Å². The van der Waals surface area contributed by atoms with Gasteiger partial charge in [0.15, 0.2) is 0 Å². The predicted molar refractivity (Wildman–Crippen MR) is 76.8 cm³/mol. The summed E-state index contributed by atoms with van der Waals surface area (Å²) in [5.74, 6) is 0.637. The van der Waals surface area contributed by atoms with Crippen LogP contribution in [0, 0.1) is 5.92 Å². The second-order valence-corrected chi connectivity index (χ2v) is 5.86. The summed E-state index contributed by atoms with van der Waals surface area (Å²) in [5.41, 5.74) is 8.71. The Labute approximate surface area is 115 Å². The topological polar surface area (TPSA) is 60.0 Å². The zero-order valence-corrected chi connectivity index (χ0v) is 12.0. The highest BCUT2D eigenvalue weighted by Gasteiger charge is 2.20. The zero-order chi connectivity index (χ0) is 13.8. The van der Waals surface area contributed by atoms with E-state index in [1.54, 1.807) is 0 Å². The van der Waals surface area contributed by atoms with Crippen molar-refractivity contribution in [2.75, 3.05) is 6.54 Å². The van der Waals surface area contributed by atoms with Crippen LogP contribution >= 0.6 is 0 Å². The summed E-state index contributed by atoms with van der Waals surface area (Å²) in [4.78, 5) is 11.7. The fourth-order valence-electron chi connectivity index (χ4n) is 2.63. The Hall–Kier alpha value is -1.29. The number of fused-ring (bicyclic) bond motifs is 1. The third-order valence-electron chi connectivity index (χ3n) is 3.73. The van der Waals surface area contributed by atoms with Crippen molar-refractivity contribution in [3.05, 3.63) is 23.5 Å². The second-order valence-electron chi connectivity index (χ2n) is 5.86. The largest absolute Gasteiger partial charge is 0.356 e. The first-order chi connectivity index (χ1) is 9.08. The molecule has 1 aromatic heterocycles. The van der Waals surface area contributed by atoms with E-state index in [2.05, 4.69) is 36.0 Å². The number of nitrogens with zero attached hydrogens (tertiary/aromatic N) is 1. The number of hydrogen-bond acceptors (Lipinski definition) is 2. The molecule has 1 atom stereocenters. The minimum absolute atomic E-state index is 0.135. The van der Waals surface area contributed by atoms with Gasteiger partial charge in [0, 0.05) is 37.4 Å². The van der Waals surface area contributed by atoms with Crippen LogP contribution in [0.25, 0.3) is 0 Å². The Morgan fingerprint density at radius 1 is 1.58 bits per heavy atom. The van der Waals surface area contributed by atoms with Crippen molar-refractivity contribution in [1.82, 2.24) is 9.88 Å². The van der Waals surface area contributed by atoms with Crippen LogP contribution in [0.2, 0.25) is 0 Å². The number of rotatable bonds is 5. The molecule has 2 rings (SSSR count). The third kappa shape index (κ3) is 3.60. The highest BCUT2D eigenvalue weighted by Crippen LogP contribution is 2.28. The number of carbonyl (C=O) groups excluding carboxylic acids is 1. The maximum Gasteiger partial charge on any atom is 0.221 e. The van der Waals surface area contributed by atoms with Crippen LogP contribution in [-0.2, 0) is 17.8 Å². The number of nitrogens with two attached hydrogens (primary N) is 1. The molecule has 1 aliphatic rings. The molecular weight excluding hydrogens is 238 g/mol. The van der Waals surface area contributed by atoms with Crippen molar-refractivity contribution in [2.24, 2.45) is 11.7 Å². The molecule has 1 unspecified atom stereocenters. The SMILES string of the molecule is CC(C)CNC(=O)CCn1ccc2c1CCCC2N. The lowest BCUT2D eigenvalue weighted by molar-refractivity contribution is -0.121. The first-order valence-corrected chi connectivity index (χ1v) is 7.28. The summed E-state index contributed by atoms with van der Waals surface area (Å²) in [6.45, 7) is 5.72. The van der Waals surface area contributed by atoms with Crippen molar-refractivity contribution >= 4 is 5.91 Å². The van der Waals surface area contributed by atoms with Crippen LogP contribution < -0.4 is 11.1 Å². The number of carbonyl (C=O) groups is 1. The Bertz CT molecular complexity index is 437. The maximum absolute atomic E-state index is 11.7. The van der Waals surface area contributed by atoms with E-state index in [1.807, 2.05) is 0 Å². The molecule has 3 N–H and O–H groups in total. The molecule has 0 bridgehead atoms. The van der Waals surface area contributed by atoms with Crippen molar-refractivity contribution in [1.29, 1.82) is 0 Å². The van der Waals surface area contributed by atoms with Crippen LogP contribution in [0.15, 0.2) is 12.3 Å². The summed E-state index contributed by atoms with van der Waals surface area (Å²) in [7, 11) is 0. The molecule has 0 saturated heterocycles. The van der Waals surface area contributed by atoms with Crippen LogP contribution in [0.4, 0.5) is 0 Å². The van der Waals surface area contributed by atoms with Gasteiger partial charge < -0.3 is 15.6 Å². The van der Waals surface area contributed by atoms with Crippen LogP contribution in [0.3, 0.4) is 0 Å². The normalized spacial score (nSPS) is 18.4. The molecule has 1 heterocycles. The van der Waals surface area contributed by atoms with Gasteiger partial charge in [-0.05, 0) is 36.8 Å². The van der Waals surface area contributed by atoms with Gasteiger partial charge >= 0.3 is 0 Å². The van der Waals surface area contributed by atoms with E-state index in [1.165, 1.54) is 11.3 Å². The van der Waals surface area contributed by atoms with Crippen molar-refractivity contribution in [3.8, 4) is 0 Å². The highest BCUT2D eigenvalue weighted by molar-refractivity contribution is 5.75. The van der Waals surface area contributed by atoms with E-state index in [0.717, 1.165) is 32.4 Å². The first kappa shape index (κ1) is 14.1. The number of aryl methyl sites for hydroxylation is 1. The Kier molecular flexibility index (Phi) is 4.64. The average Bonchev–Trinajstić information content (AvgIpc) is 2.78. The highest BCUT2D eigenvalue weighted by atomic mass is 16.1. The number of amides is 1. The monoisotopic (exact) mass is 263 g/mol. The van der Waals surface area contributed by atoms with Gasteiger partial charge in [-0.15, -0.1) is 0 Å².